The maximum atomic E-state index is 13.8. The Morgan fingerprint density at radius 3 is 2.21 bits per heavy atom. The van der Waals surface area contributed by atoms with Crippen molar-refractivity contribution in [1.29, 1.82) is 0 Å². The molecule has 5 rings (SSSR count). The molecule has 4 nitrogen and oxygen atoms in total. The van der Waals surface area contributed by atoms with Crippen molar-refractivity contribution in [3.63, 3.8) is 0 Å². The second-order valence-corrected chi connectivity index (χ2v) is 9.99. The van der Waals surface area contributed by atoms with Gasteiger partial charge in [0.15, 0.2) is 0 Å². The number of anilines is 1. The molecule has 0 aromatic heterocycles. The number of carbonyl (C=O) groups excluding carboxylic acids is 2. The fourth-order valence-corrected chi connectivity index (χ4v) is 5.62. The van der Waals surface area contributed by atoms with Crippen LogP contribution in [0, 0.1) is 13.8 Å². The minimum Gasteiger partial charge on any atom is -0.361 e. The number of aryl methyl sites for hydroxylation is 2. The fourth-order valence-electron chi connectivity index (χ4n) is 4.49. The Balaban J connectivity index is 1.57. The third kappa shape index (κ3) is 4.19. The largest absolute Gasteiger partial charge is 0.361 e. The van der Waals surface area contributed by atoms with Gasteiger partial charge in [-0.15, -0.1) is 0 Å². The zero-order valence-corrected chi connectivity index (χ0v) is 20.0. The van der Waals surface area contributed by atoms with Crippen molar-refractivity contribution in [3.8, 4) is 0 Å². The third-order valence-corrected chi connectivity index (χ3v) is 7.30. The molecule has 166 valence electrons. The summed E-state index contributed by atoms with van der Waals surface area (Å²) >= 11 is 7.38. The van der Waals surface area contributed by atoms with Gasteiger partial charge in [-0.2, -0.15) is 0 Å². The van der Waals surface area contributed by atoms with Crippen LogP contribution in [0.5, 0.6) is 0 Å². The lowest BCUT2D eigenvalue weighted by atomic mass is 9.99. The number of hydrogen-bond donors (Lipinski definition) is 0. The average Bonchev–Trinajstić information content (AvgIpc) is 3.03. The van der Waals surface area contributed by atoms with E-state index in [4.69, 9.17) is 11.6 Å². The maximum Gasteiger partial charge on any atom is 0.283 e. The minimum absolute atomic E-state index is 0.263. The van der Waals surface area contributed by atoms with E-state index in [-0.39, 0.29) is 11.8 Å². The number of rotatable bonds is 4. The van der Waals surface area contributed by atoms with Crippen LogP contribution in [0.4, 0.5) is 5.69 Å². The highest BCUT2D eigenvalue weighted by Crippen LogP contribution is 2.40. The Labute approximate surface area is 202 Å². The minimum atomic E-state index is -0.279. The Kier molecular flexibility index (Phi) is 5.77. The van der Waals surface area contributed by atoms with E-state index in [2.05, 4.69) is 17.0 Å². The van der Waals surface area contributed by atoms with Gasteiger partial charge >= 0.3 is 0 Å². The number of hydrogen-bond acceptors (Lipinski definition) is 4. The monoisotopic (exact) mass is 474 g/mol. The number of halogens is 1. The van der Waals surface area contributed by atoms with Crippen molar-refractivity contribution in [1.82, 2.24) is 4.90 Å². The zero-order valence-electron chi connectivity index (χ0n) is 18.5. The van der Waals surface area contributed by atoms with E-state index in [1.165, 1.54) is 27.8 Å². The molecule has 0 N–H and O–H groups in total. The number of imide groups is 1. The maximum absolute atomic E-state index is 13.8. The third-order valence-electron chi connectivity index (χ3n) is 5.96. The predicted molar refractivity (Wildman–Crippen MR) is 133 cm³/mol. The number of benzene rings is 3. The van der Waals surface area contributed by atoms with E-state index >= 15 is 0 Å². The van der Waals surface area contributed by atoms with Crippen molar-refractivity contribution in [2.45, 2.75) is 31.7 Å². The molecular weight excluding hydrogens is 452 g/mol. The van der Waals surface area contributed by atoms with Gasteiger partial charge in [0.2, 0.25) is 0 Å². The molecule has 0 unspecified atom stereocenters. The lowest BCUT2D eigenvalue weighted by molar-refractivity contribution is -0.121. The summed E-state index contributed by atoms with van der Waals surface area (Å²) in [6.45, 7) is 5.24. The highest BCUT2D eigenvalue weighted by Gasteiger charge is 2.43. The molecule has 0 atom stereocenters. The quantitative estimate of drug-likeness (QED) is 0.442. The predicted octanol–water partition coefficient (Wildman–Crippen LogP) is 5.89. The molecular formula is C27H23ClN2O2S. The molecule has 0 fully saturated rings. The van der Waals surface area contributed by atoms with Crippen LogP contribution in [0.25, 0.3) is 0 Å². The summed E-state index contributed by atoms with van der Waals surface area (Å²) in [4.78, 5) is 32.2. The van der Waals surface area contributed by atoms with E-state index in [1.807, 2.05) is 56.3 Å². The molecule has 0 bridgehead atoms. The first kappa shape index (κ1) is 21.8. The second-order valence-electron chi connectivity index (χ2n) is 8.47. The normalized spacial score (nSPS) is 16.0. The van der Waals surface area contributed by atoms with E-state index in [9.17, 15) is 9.59 Å². The SMILES string of the molecule is Cc1cc(C)cc(N2C(=O)C(Sc3ccc(Cl)cc3)=C(N3CCc4ccccc4C3)C2=O)c1. The topological polar surface area (TPSA) is 40.6 Å². The van der Waals surface area contributed by atoms with Crippen LogP contribution in [0.15, 0.2) is 82.2 Å². The summed E-state index contributed by atoms with van der Waals surface area (Å²) in [7, 11) is 0. The number of amides is 2. The van der Waals surface area contributed by atoms with Gasteiger partial charge in [-0.3, -0.25) is 9.59 Å². The molecule has 0 spiro atoms. The summed E-state index contributed by atoms with van der Waals surface area (Å²) in [6.07, 6.45) is 0.837. The number of carbonyl (C=O) groups is 2. The summed E-state index contributed by atoms with van der Waals surface area (Å²) in [5.41, 5.74) is 5.61. The summed E-state index contributed by atoms with van der Waals surface area (Å²) < 4.78 is 0. The first-order valence-electron chi connectivity index (χ1n) is 10.9. The van der Waals surface area contributed by atoms with Gasteiger partial charge < -0.3 is 4.90 Å². The molecule has 33 heavy (non-hydrogen) atoms. The molecule has 0 saturated carbocycles. The van der Waals surface area contributed by atoms with Gasteiger partial charge in [0.05, 0.1) is 5.69 Å². The van der Waals surface area contributed by atoms with Crippen LogP contribution in [0.2, 0.25) is 5.02 Å². The van der Waals surface area contributed by atoms with Gasteiger partial charge in [-0.1, -0.05) is 53.7 Å². The van der Waals surface area contributed by atoms with Crippen LogP contribution in [-0.4, -0.2) is 23.3 Å². The summed E-state index contributed by atoms with van der Waals surface area (Å²) in [5.74, 6) is -0.542. The highest BCUT2D eigenvalue weighted by molar-refractivity contribution is 8.04. The van der Waals surface area contributed by atoms with Crippen LogP contribution in [0.3, 0.4) is 0 Å². The molecule has 2 amide bonds. The molecule has 0 saturated heterocycles. The van der Waals surface area contributed by atoms with Gasteiger partial charge in [0, 0.05) is 23.0 Å². The molecule has 0 aliphatic carbocycles. The number of nitrogens with zero attached hydrogens (tertiary/aromatic N) is 2. The van der Waals surface area contributed by atoms with Crippen molar-refractivity contribution >= 4 is 40.9 Å². The van der Waals surface area contributed by atoms with Gasteiger partial charge in [0.1, 0.15) is 10.6 Å². The van der Waals surface area contributed by atoms with Crippen LogP contribution >= 0.6 is 23.4 Å². The van der Waals surface area contributed by atoms with Gasteiger partial charge in [-0.05, 0) is 78.9 Å². The second kappa shape index (κ2) is 8.73. The zero-order chi connectivity index (χ0) is 23.1. The highest BCUT2D eigenvalue weighted by atomic mass is 35.5. The van der Waals surface area contributed by atoms with Gasteiger partial charge in [-0.25, -0.2) is 4.90 Å². The lowest BCUT2D eigenvalue weighted by Gasteiger charge is -2.31. The Hall–Kier alpha value is -3.02. The van der Waals surface area contributed by atoms with E-state index in [1.54, 1.807) is 12.1 Å². The van der Waals surface area contributed by atoms with E-state index in [0.29, 0.717) is 34.4 Å². The standard InChI is InChI=1S/C27H23ClN2O2S/c1-17-13-18(2)15-22(14-17)30-26(31)24(29-12-11-19-5-3-4-6-20(19)16-29)25(27(30)32)33-23-9-7-21(28)8-10-23/h3-10,13-15H,11-12,16H2,1-2H3. The van der Waals surface area contributed by atoms with Crippen molar-refractivity contribution < 1.29 is 9.59 Å². The van der Waals surface area contributed by atoms with Crippen LogP contribution < -0.4 is 4.90 Å². The fraction of sp³-hybridized carbons (Fsp3) is 0.185. The molecule has 2 aliphatic heterocycles. The first-order chi connectivity index (χ1) is 15.9. The van der Waals surface area contributed by atoms with Crippen molar-refractivity contribution in [2.24, 2.45) is 0 Å². The Morgan fingerprint density at radius 2 is 1.52 bits per heavy atom. The molecule has 6 heteroatoms. The summed E-state index contributed by atoms with van der Waals surface area (Å²) in [5, 5.41) is 0.631. The average molecular weight is 475 g/mol. The molecule has 3 aromatic rings. The van der Waals surface area contributed by atoms with Crippen molar-refractivity contribution in [2.75, 3.05) is 11.4 Å². The smallest absolute Gasteiger partial charge is 0.283 e. The van der Waals surface area contributed by atoms with Crippen LogP contribution in [0.1, 0.15) is 22.3 Å². The first-order valence-corrected chi connectivity index (χ1v) is 12.1. The lowest BCUT2D eigenvalue weighted by Crippen LogP contribution is -2.37. The molecule has 2 aliphatic rings. The molecule has 0 radical (unpaired) electrons. The van der Waals surface area contributed by atoms with E-state index in [0.717, 1.165) is 22.4 Å². The Bertz CT molecular complexity index is 1280. The van der Waals surface area contributed by atoms with Gasteiger partial charge in [0.25, 0.3) is 11.8 Å². The Morgan fingerprint density at radius 1 is 0.848 bits per heavy atom. The number of thioether (sulfide) groups is 1. The number of fused-ring (bicyclic) bond motifs is 1. The molecule has 3 aromatic carbocycles. The van der Waals surface area contributed by atoms with E-state index < -0.39 is 0 Å². The van der Waals surface area contributed by atoms with Crippen LogP contribution in [-0.2, 0) is 22.6 Å². The molecule has 2 heterocycles. The summed E-state index contributed by atoms with van der Waals surface area (Å²) in [6, 6.07) is 21.4. The van der Waals surface area contributed by atoms with Crippen molar-refractivity contribution in [3.05, 3.63) is 105 Å².